The molecule has 3 heteroatoms. The Kier molecular flexibility index (Phi) is 6.39. The number of nitrogens with zero attached hydrogens (tertiary/aromatic N) is 1. The molecule has 0 saturated carbocycles. The zero-order chi connectivity index (χ0) is 7.11. The summed E-state index contributed by atoms with van der Waals surface area (Å²) in [5, 5.41) is 0. The standard InChI is InChI=1S/C6H6INS/c1-3-5-8(9-7)6-4-2/h1-2H,5-6H2. The van der Waals surface area contributed by atoms with E-state index in [0.717, 1.165) is 0 Å². The van der Waals surface area contributed by atoms with Crippen LogP contribution in [-0.4, -0.2) is 17.4 Å². The predicted octanol–water partition coefficient (Wildman–Crippen LogP) is 1.55. The van der Waals surface area contributed by atoms with Crippen LogP contribution in [0, 0.1) is 24.7 Å². The Morgan fingerprint density at radius 3 is 2.00 bits per heavy atom. The van der Waals surface area contributed by atoms with Gasteiger partial charge in [-0.15, -0.1) is 12.8 Å². The maximum absolute atomic E-state index is 5.06. The van der Waals surface area contributed by atoms with Crippen molar-refractivity contribution in [3.63, 3.8) is 0 Å². The van der Waals surface area contributed by atoms with Crippen LogP contribution in [0.3, 0.4) is 0 Å². The highest BCUT2D eigenvalue weighted by molar-refractivity contribution is 14.2. The molecular weight excluding hydrogens is 245 g/mol. The lowest BCUT2D eigenvalue weighted by atomic mass is 10.6. The highest BCUT2D eigenvalue weighted by atomic mass is 127. The van der Waals surface area contributed by atoms with Crippen LogP contribution in [-0.2, 0) is 0 Å². The average molecular weight is 251 g/mol. The quantitative estimate of drug-likeness (QED) is 0.425. The lowest BCUT2D eigenvalue weighted by Gasteiger charge is -2.08. The van der Waals surface area contributed by atoms with Gasteiger partial charge in [0, 0.05) is 21.2 Å². The molecule has 1 nitrogen and oxygen atoms in total. The first-order chi connectivity index (χ1) is 4.35. The van der Waals surface area contributed by atoms with Gasteiger partial charge in [-0.2, -0.15) is 0 Å². The molecule has 0 aliphatic carbocycles. The van der Waals surface area contributed by atoms with Crippen molar-refractivity contribution in [2.45, 2.75) is 0 Å². The molecule has 0 aromatic heterocycles. The number of rotatable bonds is 3. The summed E-state index contributed by atoms with van der Waals surface area (Å²) >= 11 is 2.15. The molecule has 0 N–H and O–H groups in total. The molecule has 0 heterocycles. The van der Waals surface area contributed by atoms with Crippen LogP contribution in [0.4, 0.5) is 0 Å². The minimum absolute atomic E-state index is 0.609. The van der Waals surface area contributed by atoms with Gasteiger partial charge in [0.1, 0.15) is 0 Å². The number of hydrogen-bond donors (Lipinski definition) is 0. The lowest BCUT2D eigenvalue weighted by Crippen LogP contribution is -2.13. The summed E-state index contributed by atoms with van der Waals surface area (Å²) < 4.78 is 1.92. The van der Waals surface area contributed by atoms with Gasteiger partial charge < -0.3 is 0 Å². The SMILES string of the molecule is C#CCN(CC#C)SI. The normalized spacial score (nSPS) is 8.44. The van der Waals surface area contributed by atoms with Gasteiger partial charge in [-0.05, 0) is 9.12 Å². The molecule has 0 aliphatic rings. The van der Waals surface area contributed by atoms with Crippen molar-refractivity contribution in [1.29, 1.82) is 0 Å². The van der Waals surface area contributed by atoms with Crippen molar-refractivity contribution in [2.24, 2.45) is 0 Å². The molecule has 0 unspecified atom stereocenters. The molecule has 0 amide bonds. The molecule has 48 valence electrons. The van der Waals surface area contributed by atoms with E-state index in [0.29, 0.717) is 13.1 Å². The van der Waals surface area contributed by atoms with Gasteiger partial charge in [-0.3, -0.25) is 0 Å². The first kappa shape index (κ1) is 9.16. The van der Waals surface area contributed by atoms with E-state index in [4.69, 9.17) is 12.8 Å². The Balaban J connectivity index is 3.47. The first-order valence-corrected chi connectivity index (χ1v) is 5.57. The molecule has 0 aromatic rings. The van der Waals surface area contributed by atoms with Gasteiger partial charge in [0.25, 0.3) is 0 Å². The van der Waals surface area contributed by atoms with Crippen LogP contribution in [0.2, 0.25) is 0 Å². The minimum Gasteiger partial charge on any atom is -0.218 e. The Bertz CT molecular complexity index is 128. The van der Waals surface area contributed by atoms with Crippen LogP contribution >= 0.6 is 30.3 Å². The smallest absolute Gasteiger partial charge is 0.0717 e. The molecule has 0 radical (unpaired) electrons. The van der Waals surface area contributed by atoms with E-state index in [-0.39, 0.29) is 0 Å². The third-order valence-electron chi connectivity index (χ3n) is 0.633. The summed E-state index contributed by atoms with van der Waals surface area (Å²) in [5.74, 6) is 5.02. The van der Waals surface area contributed by atoms with Gasteiger partial charge in [0.2, 0.25) is 0 Å². The molecule has 0 aromatic carbocycles. The van der Waals surface area contributed by atoms with E-state index in [1.807, 2.05) is 4.31 Å². The number of hydrogen-bond acceptors (Lipinski definition) is 2. The lowest BCUT2D eigenvalue weighted by molar-refractivity contribution is 0.605. The minimum atomic E-state index is 0.609. The molecule has 0 fully saturated rings. The van der Waals surface area contributed by atoms with Crippen molar-refractivity contribution in [2.75, 3.05) is 13.1 Å². The summed E-state index contributed by atoms with van der Waals surface area (Å²) in [7, 11) is 1.54. The fourth-order valence-electron chi connectivity index (χ4n) is 0.308. The van der Waals surface area contributed by atoms with Crippen LogP contribution in [0.25, 0.3) is 0 Å². The molecule has 0 rings (SSSR count). The van der Waals surface area contributed by atoms with E-state index in [1.54, 1.807) is 0 Å². The second-order valence-electron chi connectivity index (χ2n) is 1.28. The van der Waals surface area contributed by atoms with E-state index in [1.165, 1.54) is 9.12 Å². The van der Waals surface area contributed by atoms with Gasteiger partial charge >= 0.3 is 0 Å². The fourth-order valence-corrected chi connectivity index (χ4v) is 1.39. The Hall–Kier alpha value is 0.160. The third-order valence-corrected chi connectivity index (χ3v) is 2.76. The Morgan fingerprint density at radius 2 is 1.78 bits per heavy atom. The molecule has 0 atom stereocenters. The van der Waals surface area contributed by atoms with E-state index in [2.05, 4.69) is 33.0 Å². The maximum Gasteiger partial charge on any atom is 0.0717 e. The molecular formula is C6H6INS. The van der Waals surface area contributed by atoms with E-state index in [9.17, 15) is 0 Å². The summed E-state index contributed by atoms with van der Waals surface area (Å²) in [6.45, 7) is 1.22. The van der Waals surface area contributed by atoms with Crippen LogP contribution in [0.15, 0.2) is 0 Å². The van der Waals surface area contributed by atoms with Gasteiger partial charge in [0.05, 0.1) is 13.1 Å². The summed E-state index contributed by atoms with van der Waals surface area (Å²) in [5.41, 5.74) is 0. The molecule has 0 bridgehead atoms. The summed E-state index contributed by atoms with van der Waals surface area (Å²) in [6, 6.07) is 0. The second-order valence-corrected chi connectivity index (χ2v) is 3.11. The zero-order valence-electron chi connectivity index (χ0n) is 4.80. The average Bonchev–Trinajstić information content (AvgIpc) is 1.88. The van der Waals surface area contributed by atoms with E-state index >= 15 is 0 Å². The van der Waals surface area contributed by atoms with Crippen molar-refractivity contribution >= 4 is 30.3 Å². The van der Waals surface area contributed by atoms with Gasteiger partial charge in [0.15, 0.2) is 0 Å². The predicted molar refractivity (Wildman–Crippen MR) is 50.9 cm³/mol. The van der Waals surface area contributed by atoms with Crippen molar-refractivity contribution in [3.8, 4) is 24.7 Å². The van der Waals surface area contributed by atoms with Gasteiger partial charge in [-0.1, -0.05) is 11.8 Å². The highest BCUT2D eigenvalue weighted by Crippen LogP contribution is 2.16. The summed E-state index contributed by atoms with van der Waals surface area (Å²) in [6.07, 6.45) is 10.1. The topological polar surface area (TPSA) is 3.24 Å². The first-order valence-electron chi connectivity index (χ1n) is 2.25. The number of halogens is 1. The maximum atomic E-state index is 5.06. The van der Waals surface area contributed by atoms with Crippen LogP contribution in [0.1, 0.15) is 0 Å². The van der Waals surface area contributed by atoms with Gasteiger partial charge in [-0.25, -0.2) is 4.31 Å². The molecule has 0 saturated heterocycles. The molecule has 0 aliphatic heterocycles. The van der Waals surface area contributed by atoms with Crippen molar-refractivity contribution in [3.05, 3.63) is 0 Å². The monoisotopic (exact) mass is 251 g/mol. The van der Waals surface area contributed by atoms with Crippen molar-refractivity contribution in [1.82, 2.24) is 4.31 Å². The van der Waals surface area contributed by atoms with Crippen LogP contribution < -0.4 is 0 Å². The Labute approximate surface area is 72.3 Å². The summed E-state index contributed by atoms with van der Waals surface area (Å²) in [4.78, 5) is 0. The number of terminal acetylenes is 2. The van der Waals surface area contributed by atoms with Crippen molar-refractivity contribution < 1.29 is 0 Å². The van der Waals surface area contributed by atoms with Crippen LogP contribution in [0.5, 0.6) is 0 Å². The largest absolute Gasteiger partial charge is 0.218 e. The zero-order valence-corrected chi connectivity index (χ0v) is 7.78. The molecule has 9 heavy (non-hydrogen) atoms. The second kappa shape index (κ2) is 6.28. The Morgan fingerprint density at radius 1 is 1.33 bits per heavy atom. The highest BCUT2D eigenvalue weighted by Gasteiger charge is 1.96. The van der Waals surface area contributed by atoms with E-state index < -0.39 is 0 Å². The third kappa shape index (κ3) is 4.65. The fraction of sp³-hybridized carbons (Fsp3) is 0.333. The molecule has 0 spiro atoms.